The number of hydrogen-bond acceptors (Lipinski definition) is 3. The number of guanidine groups is 1. The van der Waals surface area contributed by atoms with Crippen molar-refractivity contribution in [2.75, 3.05) is 19.6 Å². The standard InChI is InChI=1S/C18H24FN3O2/c1-3-20-18(21-11-10-16-5-4-12-23-16)22-13-14(2)24-17-8-6-15(19)7-9-17/h4-9,12,14H,3,10-11,13H2,1-2H3,(H2,20,21,22). The first-order valence-corrected chi connectivity index (χ1v) is 8.14. The molecule has 0 bridgehead atoms. The summed E-state index contributed by atoms with van der Waals surface area (Å²) in [7, 11) is 0. The normalized spacial score (nSPS) is 12.7. The van der Waals surface area contributed by atoms with Crippen LogP contribution >= 0.6 is 0 Å². The highest BCUT2D eigenvalue weighted by atomic mass is 19.1. The van der Waals surface area contributed by atoms with E-state index in [1.807, 2.05) is 26.0 Å². The van der Waals surface area contributed by atoms with Crippen molar-refractivity contribution in [1.29, 1.82) is 0 Å². The molecule has 1 aromatic heterocycles. The summed E-state index contributed by atoms with van der Waals surface area (Å²) in [6.45, 7) is 5.95. The summed E-state index contributed by atoms with van der Waals surface area (Å²) in [6.07, 6.45) is 2.35. The van der Waals surface area contributed by atoms with Gasteiger partial charge in [0, 0.05) is 19.5 Å². The molecule has 0 saturated carbocycles. The van der Waals surface area contributed by atoms with Gasteiger partial charge in [-0.1, -0.05) is 0 Å². The Morgan fingerprint density at radius 3 is 2.71 bits per heavy atom. The second-order valence-electron chi connectivity index (χ2n) is 5.36. The van der Waals surface area contributed by atoms with E-state index in [1.165, 1.54) is 12.1 Å². The fourth-order valence-corrected chi connectivity index (χ4v) is 2.10. The van der Waals surface area contributed by atoms with E-state index < -0.39 is 0 Å². The molecular formula is C18H24FN3O2. The van der Waals surface area contributed by atoms with Gasteiger partial charge in [-0.25, -0.2) is 9.38 Å². The number of furan rings is 1. The minimum absolute atomic E-state index is 0.115. The highest BCUT2D eigenvalue weighted by Crippen LogP contribution is 2.13. The van der Waals surface area contributed by atoms with Crippen LogP contribution in [-0.4, -0.2) is 31.7 Å². The summed E-state index contributed by atoms with van der Waals surface area (Å²) in [5, 5.41) is 6.45. The van der Waals surface area contributed by atoms with Crippen LogP contribution < -0.4 is 15.4 Å². The molecule has 0 radical (unpaired) electrons. The van der Waals surface area contributed by atoms with Crippen LogP contribution in [0.5, 0.6) is 5.75 Å². The van der Waals surface area contributed by atoms with E-state index in [9.17, 15) is 4.39 Å². The molecular weight excluding hydrogens is 309 g/mol. The lowest BCUT2D eigenvalue weighted by Crippen LogP contribution is -2.39. The van der Waals surface area contributed by atoms with Crippen molar-refractivity contribution in [2.24, 2.45) is 4.99 Å². The maximum absolute atomic E-state index is 12.9. The monoisotopic (exact) mass is 333 g/mol. The zero-order chi connectivity index (χ0) is 17.2. The highest BCUT2D eigenvalue weighted by Gasteiger charge is 2.05. The molecule has 0 amide bonds. The highest BCUT2D eigenvalue weighted by molar-refractivity contribution is 5.79. The smallest absolute Gasteiger partial charge is 0.191 e. The molecule has 130 valence electrons. The van der Waals surface area contributed by atoms with Crippen molar-refractivity contribution in [3.63, 3.8) is 0 Å². The van der Waals surface area contributed by atoms with Gasteiger partial charge in [0.2, 0.25) is 0 Å². The Labute approximate surface area is 141 Å². The Kier molecular flexibility index (Phi) is 7.14. The zero-order valence-electron chi connectivity index (χ0n) is 14.1. The van der Waals surface area contributed by atoms with Crippen LogP contribution in [0, 0.1) is 5.82 Å². The second-order valence-corrected chi connectivity index (χ2v) is 5.36. The number of nitrogens with one attached hydrogen (secondary N) is 2. The predicted molar refractivity (Wildman–Crippen MR) is 92.9 cm³/mol. The van der Waals surface area contributed by atoms with Crippen LogP contribution in [0.2, 0.25) is 0 Å². The molecule has 0 aliphatic carbocycles. The number of aliphatic imine (C=N–C) groups is 1. The molecule has 1 unspecified atom stereocenters. The van der Waals surface area contributed by atoms with Gasteiger partial charge in [-0.15, -0.1) is 0 Å². The molecule has 0 spiro atoms. The van der Waals surface area contributed by atoms with Gasteiger partial charge in [0.15, 0.2) is 5.96 Å². The zero-order valence-corrected chi connectivity index (χ0v) is 14.1. The van der Waals surface area contributed by atoms with Gasteiger partial charge in [0.05, 0.1) is 12.8 Å². The number of hydrogen-bond donors (Lipinski definition) is 2. The minimum Gasteiger partial charge on any atom is -0.489 e. The Bertz CT molecular complexity index is 612. The van der Waals surface area contributed by atoms with Gasteiger partial charge >= 0.3 is 0 Å². The van der Waals surface area contributed by atoms with Crippen molar-refractivity contribution >= 4 is 5.96 Å². The van der Waals surface area contributed by atoms with E-state index in [-0.39, 0.29) is 11.9 Å². The average molecular weight is 333 g/mol. The fourth-order valence-electron chi connectivity index (χ4n) is 2.10. The number of ether oxygens (including phenoxy) is 1. The van der Waals surface area contributed by atoms with Gasteiger partial charge in [-0.2, -0.15) is 0 Å². The molecule has 0 fully saturated rings. The molecule has 0 aliphatic heterocycles. The first-order valence-electron chi connectivity index (χ1n) is 8.14. The number of benzene rings is 1. The largest absolute Gasteiger partial charge is 0.489 e. The van der Waals surface area contributed by atoms with E-state index in [0.717, 1.165) is 31.2 Å². The molecule has 2 rings (SSSR count). The van der Waals surface area contributed by atoms with Gasteiger partial charge in [-0.05, 0) is 50.2 Å². The average Bonchev–Trinajstić information content (AvgIpc) is 3.08. The van der Waals surface area contributed by atoms with Gasteiger partial charge < -0.3 is 19.8 Å². The van der Waals surface area contributed by atoms with Crippen LogP contribution in [0.25, 0.3) is 0 Å². The second kappa shape index (κ2) is 9.60. The molecule has 2 aromatic rings. The number of halogens is 1. The molecule has 1 aromatic carbocycles. The van der Waals surface area contributed by atoms with Crippen molar-refractivity contribution in [3.8, 4) is 5.75 Å². The van der Waals surface area contributed by atoms with Crippen LogP contribution in [-0.2, 0) is 6.42 Å². The van der Waals surface area contributed by atoms with Crippen molar-refractivity contribution in [3.05, 3.63) is 54.2 Å². The summed E-state index contributed by atoms with van der Waals surface area (Å²) in [6, 6.07) is 9.81. The summed E-state index contributed by atoms with van der Waals surface area (Å²) in [5.41, 5.74) is 0. The third-order valence-electron chi connectivity index (χ3n) is 3.25. The summed E-state index contributed by atoms with van der Waals surface area (Å²) in [4.78, 5) is 4.51. The van der Waals surface area contributed by atoms with Crippen LogP contribution in [0.15, 0.2) is 52.1 Å². The molecule has 0 saturated heterocycles. The topological polar surface area (TPSA) is 58.8 Å². The lowest BCUT2D eigenvalue weighted by atomic mass is 10.3. The molecule has 2 N–H and O–H groups in total. The SMILES string of the molecule is CCNC(=NCC(C)Oc1ccc(F)cc1)NCCc1ccco1. The lowest BCUT2D eigenvalue weighted by molar-refractivity contribution is 0.230. The molecule has 1 heterocycles. The first kappa shape index (κ1) is 17.8. The Hall–Kier alpha value is -2.50. The Morgan fingerprint density at radius 1 is 1.25 bits per heavy atom. The van der Waals surface area contributed by atoms with Crippen LogP contribution in [0.3, 0.4) is 0 Å². The lowest BCUT2D eigenvalue weighted by Gasteiger charge is -2.15. The van der Waals surface area contributed by atoms with E-state index in [1.54, 1.807) is 18.4 Å². The number of nitrogens with zero attached hydrogens (tertiary/aromatic N) is 1. The maximum atomic E-state index is 12.9. The van der Waals surface area contributed by atoms with Crippen molar-refractivity contribution in [2.45, 2.75) is 26.4 Å². The van der Waals surface area contributed by atoms with Gasteiger partial charge in [0.25, 0.3) is 0 Å². The van der Waals surface area contributed by atoms with E-state index in [2.05, 4.69) is 15.6 Å². The number of rotatable bonds is 8. The third kappa shape index (κ3) is 6.32. The molecule has 5 nitrogen and oxygen atoms in total. The summed E-state index contributed by atoms with van der Waals surface area (Å²) in [5.74, 6) is 2.03. The Morgan fingerprint density at radius 2 is 2.04 bits per heavy atom. The van der Waals surface area contributed by atoms with Crippen LogP contribution in [0.4, 0.5) is 4.39 Å². The third-order valence-corrected chi connectivity index (χ3v) is 3.25. The summed E-state index contributed by atoms with van der Waals surface area (Å²) < 4.78 is 23.9. The molecule has 0 aliphatic rings. The maximum Gasteiger partial charge on any atom is 0.191 e. The molecule has 1 atom stereocenters. The quantitative estimate of drug-likeness (QED) is 0.576. The van der Waals surface area contributed by atoms with E-state index >= 15 is 0 Å². The first-order chi connectivity index (χ1) is 11.7. The van der Waals surface area contributed by atoms with E-state index in [0.29, 0.717) is 12.3 Å². The Balaban J connectivity index is 1.79. The van der Waals surface area contributed by atoms with E-state index in [4.69, 9.17) is 9.15 Å². The molecule has 24 heavy (non-hydrogen) atoms. The fraction of sp³-hybridized carbons (Fsp3) is 0.389. The van der Waals surface area contributed by atoms with Gasteiger partial charge in [-0.3, -0.25) is 0 Å². The minimum atomic E-state index is -0.275. The van der Waals surface area contributed by atoms with Crippen molar-refractivity contribution < 1.29 is 13.5 Å². The summed E-state index contributed by atoms with van der Waals surface area (Å²) >= 11 is 0. The van der Waals surface area contributed by atoms with Gasteiger partial charge in [0.1, 0.15) is 23.4 Å². The predicted octanol–water partition coefficient (Wildman–Crippen LogP) is 2.98. The van der Waals surface area contributed by atoms with Crippen LogP contribution in [0.1, 0.15) is 19.6 Å². The van der Waals surface area contributed by atoms with Crippen molar-refractivity contribution in [1.82, 2.24) is 10.6 Å². The molecule has 6 heteroatoms.